The third-order valence-electron chi connectivity index (χ3n) is 2.20. The van der Waals surface area contributed by atoms with Gasteiger partial charge in [0.05, 0.1) is 9.99 Å². The first kappa shape index (κ1) is 15.9. The van der Waals surface area contributed by atoms with Crippen LogP contribution in [-0.2, 0) is 6.42 Å². The van der Waals surface area contributed by atoms with Crippen molar-refractivity contribution in [1.82, 2.24) is 0 Å². The lowest BCUT2D eigenvalue weighted by molar-refractivity contribution is -0.134. The van der Waals surface area contributed by atoms with Gasteiger partial charge in [0.15, 0.2) is 0 Å². The molecule has 0 saturated heterocycles. The fourth-order valence-electron chi connectivity index (χ4n) is 1.34. The van der Waals surface area contributed by atoms with Crippen molar-refractivity contribution in [2.24, 2.45) is 0 Å². The first-order chi connectivity index (χ1) is 8.37. The molecule has 0 fully saturated rings. The molecule has 1 rings (SSSR count). The maximum atomic E-state index is 12.1. The van der Waals surface area contributed by atoms with Gasteiger partial charge in [-0.3, -0.25) is 0 Å². The van der Waals surface area contributed by atoms with Crippen LogP contribution < -0.4 is 4.74 Å². The highest BCUT2D eigenvalue weighted by Gasteiger charge is 2.26. The lowest BCUT2D eigenvalue weighted by Gasteiger charge is -2.09. The van der Waals surface area contributed by atoms with Gasteiger partial charge >= 0.3 is 6.18 Å². The molecule has 1 atom stereocenters. The first-order valence-electron chi connectivity index (χ1n) is 5.43. The maximum absolute atomic E-state index is 12.1. The molecular formula is C12H13ClF3IO. The summed E-state index contributed by atoms with van der Waals surface area (Å²) in [5, 5.41) is 0. The zero-order chi connectivity index (χ0) is 13.6. The molecular weight excluding hydrogens is 379 g/mol. The smallest absolute Gasteiger partial charge is 0.389 e. The van der Waals surface area contributed by atoms with Crippen LogP contribution in [0.2, 0.25) is 0 Å². The van der Waals surface area contributed by atoms with Crippen molar-refractivity contribution in [1.29, 1.82) is 0 Å². The summed E-state index contributed by atoms with van der Waals surface area (Å²) in [5.74, 6) is 0.586. The summed E-state index contributed by atoms with van der Waals surface area (Å²) in [6.45, 7) is 0.458. The molecule has 1 aromatic rings. The summed E-state index contributed by atoms with van der Waals surface area (Å²) >= 11 is 7.83. The van der Waals surface area contributed by atoms with Crippen molar-refractivity contribution in [3.05, 3.63) is 29.8 Å². The molecule has 1 nitrogen and oxygen atoms in total. The molecule has 1 unspecified atom stereocenters. The number of hydrogen-bond donors (Lipinski definition) is 0. The van der Waals surface area contributed by atoms with E-state index in [0.29, 0.717) is 24.3 Å². The van der Waals surface area contributed by atoms with Crippen LogP contribution in [0.25, 0.3) is 0 Å². The van der Waals surface area contributed by atoms with E-state index in [2.05, 4.69) is 22.6 Å². The van der Waals surface area contributed by atoms with Crippen molar-refractivity contribution in [3.8, 4) is 5.75 Å². The van der Waals surface area contributed by atoms with Gasteiger partial charge in [0.25, 0.3) is 0 Å². The minimum atomic E-state index is -4.12. The first-order valence-corrected chi connectivity index (χ1v) is 7.11. The molecule has 0 saturated carbocycles. The fraction of sp³-hybridized carbons (Fsp3) is 0.500. The zero-order valence-electron chi connectivity index (χ0n) is 9.51. The molecule has 0 radical (unpaired) electrons. The van der Waals surface area contributed by atoms with Crippen LogP contribution in [0, 0.1) is 0 Å². The van der Waals surface area contributed by atoms with Gasteiger partial charge in [-0.2, -0.15) is 13.2 Å². The van der Waals surface area contributed by atoms with Gasteiger partial charge < -0.3 is 4.74 Å². The quantitative estimate of drug-likeness (QED) is 0.492. The van der Waals surface area contributed by atoms with Crippen LogP contribution in [0.1, 0.15) is 18.4 Å². The minimum absolute atomic E-state index is 0.00369. The Labute approximate surface area is 123 Å². The minimum Gasteiger partial charge on any atom is -0.494 e. The average Bonchev–Trinajstić information content (AvgIpc) is 2.26. The summed E-state index contributed by atoms with van der Waals surface area (Å²) in [4.78, 5) is 0. The number of halogens is 5. The van der Waals surface area contributed by atoms with E-state index in [1.165, 1.54) is 0 Å². The molecule has 6 heteroatoms. The van der Waals surface area contributed by atoms with Gasteiger partial charge in [0.2, 0.25) is 0 Å². The number of benzene rings is 1. The molecule has 0 spiro atoms. The molecule has 0 N–H and O–H groups in total. The van der Waals surface area contributed by atoms with Crippen LogP contribution in [-0.4, -0.2) is 16.2 Å². The summed E-state index contributed by atoms with van der Waals surface area (Å²) < 4.78 is 41.7. The fourth-order valence-corrected chi connectivity index (χ4v) is 1.69. The summed E-state index contributed by atoms with van der Waals surface area (Å²) in [6, 6.07) is 6.74. The van der Waals surface area contributed by atoms with Crippen molar-refractivity contribution in [3.63, 3.8) is 0 Å². The third kappa shape index (κ3) is 7.31. The van der Waals surface area contributed by atoms with E-state index in [9.17, 15) is 13.2 Å². The second kappa shape index (κ2) is 7.43. The standard InChI is InChI=1S/C12H13ClF3IO/c13-11(17)5-7-18-10-3-1-2-9(8-10)4-6-12(14,15)16/h1-3,8,11H,4-7H2. The SMILES string of the molecule is FC(F)(F)CCc1cccc(OCCC(Cl)I)c1. The number of ether oxygens (including phenoxy) is 1. The molecule has 0 heterocycles. The van der Waals surface area contributed by atoms with Crippen molar-refractivity contribution in [2.75, 3.05) is 6.61 Å². The molecule has 0 aliphatic rings. The number of alkyl halides is 5. The van der Waals surface area contributed by atoms with Gasteiger partial charge in [-0.05, 0) is 24.1 Å². The topological polar surface area (TPSA) is 9.23 Å². The molecule has 102 valence electrons. The highest BCUT2D eigenvalue weighted by Crippen LogP contribution is 2.23. The number of hydrogen-bond acceptors (Lipinski definition) is 1. The molecule has 0 bridgehead atoms. The lowest BCUT2D eigenvalue weighted by Crippen LogP contribution is -2.08. The molecule has 18 heavy (non-hydrogen) atoms. The van der Waals surface area contributed by atoms with E-state index in [0.717, 1.165) is 0 Å². The predicted molar refractivity (Wildman–Crippen MR) is 74.6 cm³/mol. The predicted octanol–water partition coefficient (Wildman–Crippen LogP) is 4.95. The number of rotatable bonds is 6. The van der Waals surface area contributed by atoms with E-state index < -0.39 is 12.6 Å². The van der Waals surface area contributed by atoms with Crippen LogP contribution in [0.4, 0.5) is 13.2 Å². The Balaban J connectivity index is 2.46. The van der Waals surface area contributed by atoms with Gasteiger partial charge in [-0.15, -0.1) is 11.6 Å². The molecule has 0 aliphatic heterocycles. The molecule has 1 aromatic carbocycles. The van der Waals surface area contributed by atoms with E-state index >= 15 is 0 Å². The lowest BCUT2D eigenvalue weighted by atomic mass is 10.1. The van der Waals surface area contributed by atoms with Gasteiger partial charge in [0, 0.05) is 12.8 Å². The number of aryl methyl sites for hydroxylation is 1. The highest BCUT2D eigenvalue weighted by atomic mass is 127. The Morgan fingerprint density at radius 2 is 2.06 bits per heavy atom. The Hall–Kier alpha value is -0.170. The van der Waals surface area contributed by atoms with Gasteiger partial charge in [-0.1, -0.05) is 34.7 Å². The van der Waals surface area contributed by atoms with E-state index in [1.807, 2.05) is 0 Å². The largest absolute Gasteiger partial charge is 0.494 e. The second-order valence-electron chi connectivity index (χ2n) is 3.79. The summed E-state index contributed by atoms with van der Waals surface area (Å²) in [7, 11) is 0. The normalized spacial score (nSPS) is 13.4. The van der Waals surface area contributed by atoms with E-state index in [-0.39, 0.29) is 9.80 Å². The van der Waals surface area contributed by atoms with E-state index in [1.54, 1.807) is 24.3 Å². The zero-order valence-corrected chi connectivity index (χ0v) is 12.4. The summed E-state index contributed by atoms with van der Waals surface area (Å²) in [6.07, 6.45) is -4.27. The third-order valence-corrected chi connectivity index (χ3v) is 3.04. The van der Waals surface area contributed by atoms with Crippen molar-refractivity contribution in [2.45, 2.75) is 28.8 Å². The molecule has 0 aliphatic carbocycles. The van der Waals surface area contributed by atoms with Crippen LogP contribution in [0.3, 0.4) is 0 Å². The Bertz CT molecular complexity index is 369. The van der Waals surface area contributed by atoms with Crippen LogP contribution in [0.15, 0.2) is 24.3 Å². The Morgan fingerprint density at radius 1 is 1.33 bits per heavy atom. The summed E-state index contributed by atoms with van der Waals surface area (Å²) in [5.41, 5.74) is 0.627. The van der Waals surface area contributed by atoms with Gasteiger partial charge in [0.1, 0.15) is 5.75 Å². The van der Waals surface area contributed by atoms with Crippen LogP contribution >= 0.6 is 34.2 Å². The monoisotopic (exact) mass is 392 g/mol. The van der Waals surface area contributed by atoms with Crippen molar-refractivity contribution >= 4 is 34.2 Å². The van der Waals surface area contributed by atoms with Crippen LogP contribution in [0.5, 0.6) is 5.75 Å². The highest BCUT2D eigenvalue weighted by molar-refractivity contribution is 14.1. The average molecular weight is 393 g/mol. The molecule has 0 amide bonds. The van der Waals surface area contributed by atoms with Crippen molar-refractivity contribution < 1.29 is 17.9 Å². The Kier molecular flexibility index (Phi) is 6.55. The molecule has 0 aromatic heterocycles. The maximum Gasteiger partial charge on any atom is 0.389 e. The van der Waals surface area contributed by atoms with Gasteiger partial charge in [-0.25, -0.2) is 0 Å². The Morgan fingerprint density at radius 3 is 2.67 bits per heavy atom. The second-order valence-corrected chi connectivity index (χ2v) is 6.56. The van der Waals surface area contributed by atoms with E-state index in [4.69, 9.17) is 16.3 Å².